The third kappa shape index (κ3) is 2.67. The van der Waals surface area contributed by atoms with E-state index in [9.17, 15) is 0 Å². The summed E-state index contributed by atoms with van der Waals surface area (Å²) in [6.45, 7) is 0.702. The van der Waals surface area contributed by atoms with Gasteiger partial charge in [0.1, 0.15) is 11.3 Å². The second-order valence-electron chi connectivity index (χ2n) is 5.58. The van der Waals surface area contributed by atoms with E-state index in [4.69, 9.17) is 5.73 Å². The molecule has 2 aromatic heterocycles. The van der Waals surface area contributed by atoms with E-state index < -0.39 is 0 Å². The normalized spacial score (nSPS) is 10.8. The van der Waals surface area contributed by atoms with Gasteiger partial charge in [-0.05, 0) is 17.7 Å². The molecule has 0 amide bonds. The fourth-order valence-corrected chi connectivity index (χ4v) is 2.75. The van der Waals surface area contributed by atoms with Crippen molar-refractivity contribution in [2.24, 2.45) is 0 Å². The molecule has 5 heteroatoms. The summed E-state index contributed by atoms with van der Waals surface area (Å²) in [5.74, 6) is 0.780. The molecular weight excluding hydrogens is 298 g/mol. The van der Waals surface area contributed by atoms with Crippen LogP contribution in [-0.2, 0) is 6.54 Å². The number of nitrogen functional groups attached to an aromatic ring is 1. The predicted molar refractivity (Wildman–Crippen MR) is 97.0 cm³/mol. The molecule has 0 saturated carbocycles. The number of rotatable bonds is 4. The van der Waals surface area contributed by atoms with Crippen LogP contribution in [0.15, 0.2) is 73.1 Å². The number of aromatic nitrogens is 3. The molecule has 0 unspecified atom stereocenters. The van der Waals surface area contributed by atoms with Crippen LogP contribution in [0.2, 0.25) is 0 Å². The van der Waals surface area contributed by atoms with Crippen molar-refractivity contribution < 1.29 is 0 Å². The van der Waals surface area contributed by atoms with Gasteiger partial charge in [0.2, 0.25) is 0 Å². The van der Waals surface area contributed by atoms with Crippen LogP contribution < -0.4 is 10.6 Å². The molecule has 0 bridgehead atoms. The minimum atomic E-state index is 0.624. The molecule has 0 atom stereocenters. The summed E-state index contributed by atoms with van der Waals surface area (Å²) in [6.07, 6.45) is 1.61. The minimum absolute atomic E-state index is 0.624. The van der Waals surface area contributed by atoms with Crippen LogP contribution in [0.1, 0.15) is 5.56 Å². The van der Waals surface area contributed by atoms with Gasteiger partial charge in [-0.3, -0.25) is 0 Å². The molecule has 24 heavy (non-hydrogen) atoms. The zero-order valence-electron chi connectivity index (χ0n) is 13.1. The highest BCUT2D eigenvalue weighted by Crippen LogP contribution is 2.29. The Balaban J connectivity index is 1.81. The Hall–Kier alpha value is -3.34. The molecule has 2 aromatic carbocycles. The van der Waals surface area contributed by atoms with Gasteiger partial charge in [-0.25, -0.2) is 9.97 Å². The van der Waals surface area contributed by atoms with Crippen LogP contribution >= 0.6 is 0 Å². The quantitative estimate of drug-likeness (QED) is 0.599. The third-order valence-electron chi connectivity index (χ3n) is 3.94. The first kappa shape index (κ1) is 14.3. The summed E-state index contributed by atoms with van der Waals surface area (Å²) in [4.78, 5) is 14.1. The lowest BCUT2D eigenvalue weighted by Crippen LogP contribution is -2.18. The Kier molecular flexibility index (Phi) is 3.59. The number of fused-ring (bicyclic) bond motifs is 1. The zero-order valence-corrected chi connectivity index (χ0v) is 13.1. The molecule has 0 aliphatic rings. The van der Waals surface area contributed by atoms with Crippen molar-refractivity contribution in [1.82, 2.24) is 15.0 Å². The van der Waals surface area contributed by atoms with Gasteiger partial charge in [0, 0.05) is 18.3 Å². The summed E-state index contributed by atoms with van der Waals surface area (Å²) < 4.78 is 0. The van der Waals surface area contributed by atoms with Gasteiger partial charge in [-0.2, -0.15) is 0 Å². The van der Waals surface area contributed by atoms with Crippen molar-refractivity contribution in [3.8, 4) is 0 Å². The SMILES string of the molecule is Nc1cc(N(Cc2ccccc2)c2ccccc2)nc2nc[nH]c12. The number of para-hydroxylation sites is 1. The van der Waals surface area contributed by atoms with Crippen molar-refractivity contribution in [3.05, 3.63) is 78.6 Å². The summed E-state index contributed by atoms with van der Waals surface area (Å²) in [5.41, 5.74) is 10.5. The Morgan fingerprint density at radius 3 is 2.42 bits per heavy atom. The molecule has 3 N–H and O–H groups in total. The Morgan fingerprint density at radius 2 is 1.67 bits per heavy atom. The van der Waals surface area contributed by atoms with Gasteiger partial charge >= 0.3 is 0 Å². The Morgan fingerprint density at radius 1 is 0.958 bits per heavy atom. The summed E-state index contributed by atoms with van der Waals surface area (Å²) in [7, 11) is 0. The van der Waals surface area contributed by atoms with Gasteiger partial charge < -0.3 is 15.6 Å². The van der Waals surface area contributed by atoms with Crippen molar-refractivity contribution in [3.63, 3.8) is 0 Å². The molecule has 0 aliphatic carbocycles. The molecule has 0 aliphatic heterocycles. The van der Waals surface area contributed by atoms with E-state index in [1.807, 2.05) is 42.5 Å². The number of anilines is 3. The number of benzene rings is 2. The smallest absolute Gasteiger partial charge is 0.181 e. The summed E-state index contributed by atoms with van der Waals surface area (Å²) >= 11 is 0. The number of nitrogens with zero attached hydrogens (tertiary/aromatic N) is 3. The van der Waals surface area contributed by atoms with E-state index in [1.54, 1.807) is 6.33 Å². The van der Waals surface area contributed by atoms with Crippen LogP contribution in [-0.4, -0.2) is 15.0 Å². The van der Waals surface area contributed by atoms with Gasteiger partial charge in [0.15, 0.2) is 5.65 Å². The molecule has 2 heterocycles. The predicted octanol–water partition coefficient (Wildman–Crippen LogP) is 3.88. The number of hydrogen-bond acceptors (Lipinski definition) is 4. The number of H-pyrrole nitrogens is 1. The highest BCUT2D eigenvalue weighted by molar-refractivity contribution is 5.86. The number of nitrogens with two attached hydrogens (primary N) is 1. The van der Waals surface area contributed by atoms with E-state index in [1.165, 1.54) is 5.56 Å². The second-order valence-corrected chi connectivity index (χ2v) is 5.58. The van der Waals surface area contributed by atoms with Gasteiger partial charge in [-0.15, -0.1) is 0 Å². The number of nitrogens with one attached hydrogen (secondary N) is 1. The average Bonchev–Trinajstić information content (AvgIpc) is 3.10. The fraction of sp³-hybridized carbons (Fsp3) is 0.0526. The standard InChI is InChI=1S/C19H17N5/c20-16-11-17(23-19-18(16)21-13-22-19)24(15-9-5-2-6-10-15)12-14-7-3-1-4-8-14/h1-11,13H,12H2,(H3,20,21,22,23). The van der Waals surface area contributed by atoms with Crippen LogP contribution in [0.3, 0.4) is 0 Å². The van der Waals surface area contributed by atoms with E-state index >= 15 is 0 Å². The number of imidazole rings is 1. The highest BCUT2D eigenvalue weighted by Gasteiger charge is 2.14. The molecule has 0 spiro atoms. The molecule has 118 valence electrons. The van der Waals surface area contributed by atoms with Gasteiger partial charge in [0.05, 0.1) is 12.0 Å². The van der Waals surface area contributed by atoms with Crippen LogP contribution in [0.4, 0.5) is 17.2 Å². The third-order valence-corrected chi connectivity index (χ3v) is 3.94. The Labute approximate surface area is 139 Å². The van der Waals surface area contributed by atoms with Crippen molar-refractivity contribution in [2.45, 2.75) is 6.54 Å². The Bertz CT molecular complexity index is 947. The second kappa shape index (κ2) is 6.04. The first-order valence-corrected chi connectivity index (χ1v) is 7.77. The molecule has 5 nitrogen and oxygen atoms in total. The largest absolute Gasteiger partial charge is 0.397 e. The molecule has 4 rings (SSSR count). The fourth-order valence-electron chi connectivity index (χ4n) is 2.75. The van der Waals surface area contributed by atoms with E-state index in [0.717, 1.165) is 17.0 Å². The van der Waals surface area contributed by atoms with Crippen LogP contribution in [0.5, 0.6) is 0 Å². The molecular formula is C19H17N5. The summed E-state index contributed by atoms with van der Waals surface area (Å²) in [5, 5.41) is 0. The minimum Gasteiger partial charge on any atom is -0.397 e. The monoisotopic (exact) mass is 315 g/mol. The van der Waals surface area contributed by atoms with Gasteiger partial charge in [-0.1, -0.05) is 48.5 Å². The van der Waals surface area contributed by atoms with E-state index in [-0.39, 0.29) is 0 Å². The number of pyridine rings is 1. The molecule has 0 radical (unpaired) electrons. The van der Waals surface area contributed by atoms with Gasteiger partial charge in [0.25, 0.3) is 0 Å². The van der Waals surface area contributed by atoms with Crippen molar-refractivity contribution in [2.75, 3.05) is 10.6 Å². The van der Waals surface area contributed by atoms with Crippen molar-refractivity contribution >= 4 is 28.4 Å². The lowest BCUT2D eigenvalue weighted by molar-refractivity contribution is 0.952. The molecule has 0 saturated heterocycles. The highest BCUT2D eigenvalue weighted by atomic mass is 15.2. The van der Waals surface area contributed by atoms with Crippen LogP contribution in [0, 0.1) is 0 Å². The molecule has 4 aromatic rings. The number of aromatic amines is 1. The topological polar surface area (TPSA) is 70.8 Å². The van der Waals surface area contributed by atoms with E-state index in [0.29, 0.717) is 17.9 Å². The molecule has 0 fully saturated rings. The first-order chi connectivity index (χ1) is 11.8. The summed E-state index contributed by atoms with van der Waals surface area (Å²) in [6, 6.07) is 22.4. The lowest BCUT2D eigenvalue weighted by atomic mass is 10.2. The van der Waals surface area contributed by atoms with Crippen molar-refractivity contribution in [1.29, 1.82) is 0 Å². The average molecular weight is 315 g/mol. The van der Waals surface area contributed by atoms with E-state index in [2.05, 4.69) is 44.1 Å². The maximum Gasteiger partial charge on any atom is 0.181 e. The zero-order chi connectivity index (χ0) is 16.4. The maximum absolute atomic E-state index is 6.17. The van der Waals surface area contributed by atoms with Crippen LogP contribution in [0.25, 0.3) is 11.2 Å². The number of hydrogen-bond donors (Lipinski definition) is 2. The first-order valence-electron chi connectivity index (χ1n) is 7.77. The maximum atomic E-state index is 6.17. The lowest BCUT2D eigenvalue weighted by Gasteiger charge is -2.24.